The van der Waals surface area contributed by atoms with E-state index in [9.17, 15) is 13.2 Å². The predicted molar refractivity (Wildman–Crippen MR) is 135 cm³/mol. The summed E-state index contributed by atoms with van der Waals surface area (Å²) in [5.74, 6) is 0.642. The van der Waals surface area contributed by atoms with Gasteiger partial charge in [0.1, 0.15) is 11.7 Å². The van der Waals surface area contributed by atoms with Crippen LogP contribution in [0.3, 0.4) is 0 Å². The zero-order valence-corrected chi connectivity index (χ0v) is 20.8. The third kappa shape index (κ3) is 4.46. The Morgan fingerprint density at radius 1 is 0.973 bits per heavy atom. The van der Waals surface area contributed by atoms with Crippen molar-refractivity contribution in [3.8, 4) is 0 Å². The maximum absolute atomic E-state index is 13.5. The van der Waals surface area contributed by atoms with Gasteiger partial charge in [0.05, 0.1) is 0 Å². The number of H-pyrrole nitrogens is 1. The van der Waals surface area contributed by atoms with Crippen molar-refractivity contribution in [3.63, 3.8) is 0 Å². The molecule has 37 heavy (non-hydrogen) atoms. The van der Waals surface area contributed by atoms with Gasteiger partial charge in [0.2, 0.25) is 11.9 Å². The lowest BCUT2D eigenvalue weighted by Gasteiger charge is -2.36. The summed E-state index contributed by atoms with van der Waals surface area (Å²) in [6, 6.07) is 6.01. The number of aromatic nitrogens is 5. The summed E-state index contributed by atoms with van der Waals surface area (Å²) >= 11 is 6.28. The summed E-state index contributed by atoms with van der Waals surface area (Å²) in [6.45, 7) is 3.93. The average molecular weight is 529 g/mol. The number of nitrogens with zero attached hydrogens (tertiary/aromatic N) is 7. The molecule has 0 saturated carbocycles. The summed E-state index contributed by atoms with van der Waals surface area (Å²) in [5.41, 5.74) is 2.57. The molecule has 2 aliphatic rings. The van der Waals surface area contributed by atoms with Crippen molar-refractivity contribution in [3.05, 3.63) is 70.4 Å². The first-order valence-electron chi connectivity index (χ1n) is 12.0. The highest BCUT2D eigenvalue weighted by Gasteiger charge is 2.37. The van der Waals surface area contributed by atoms with Gasteiger partial charge in [0.25, 0.3) is 0 Å². The molecule has 0 unspecified atom stereocenters. The molecule has 3 aromatic heterocycles. The van der Waals surface area contributed by atoms with Crippen LogP contribution in [0.1, 0.15) is 28.6 Å². The first-order chi connectivity index (χ1) is 17.8. The van der Waals surface area contributed by atoms with Crippen molar-refractivity contribution in [1.82, 2.24) is 29.8 Å². The third-order valence-electron chi connectivity index (χ3n) is 7.04. The van der Waals surface area contributed by atoms with E-state index in [1.807, 2.05) is 18.2 Å². The number of nitrogens with one attached hydrogen (secondary N) is 1. The van der Waals surface area contributed by atoms with E-state index in [0.717, 1.165) is 66.2 Å². The molecule has 1 fully saturated rings. The minimum absolute atomic E-state index is 0.00491. The number of piperazine rings is 1. The molecule has 4 aromatic rings. The van der Waals surface area contributed by atoms with E-state index in [4.69, 9.17) is 11.6 Å². The lowest BCUT2D eigenvalue weighted by atomic mass is 9.94. The van der Waals surface area contributed by atoms with Crippen LogP contribution >= 0.6 is 11.6 Å². The van der Waals surface area contributed by atoms with E-state index in [0.29, 0.717) is 23.9 Å². The SMILES string of the molecule is CN1CCN(c2ncc([C@H]3c4[nH]c5ccc(Cl)cc5c4CCN3c3nccc(C(F)(F)F)n3)cn2)CC1. The van der Waals surface area contributed by atoms with E-state index < -0.39 is 17.9 Å². The highest BCUT2D eigenvalue weighted by molar-refractivity contribution is 6.31. The number of anilines is 2. The standard InChI is InChI=1S/C25H24ClF3N8/c1-35-8-10-36(11-9-35)23-31-13-15(14-32-23)22-21-17(18-12-16(26)2-3-19(18)33-21)5-7-37(22)24-30-6-4-20(34-24)25(27,28)29/h2-4,6,12-14,22,33H,5,7-11H2,1H3/t22-/m0/s1. The molecule has 2 aliphatic heterocycles. The summed E-state index contributed by atoms with van der Waals surface area (Å²) in [6.07, 6.45) is 0.667. The zero-order chi connectivity index (χ0) is 25.7. The minimum atomic E-state index is -4.57. The van der Waals surface area contributed by atoms with E-state index in [1.165, 1.54) is 0 Å². The monoisotopic (exact) mass is 528 g/mol. The van der Waals surface area contributed by atoms with Gasteiger partial charge in [-0.15, -0.1) is 0 Å². The van der Waals surface area contributed by atoms with Crippen LogP contribution < -0.4 is 9.80 Å². The van der Waals surface area contributed by atoms with Crippen molar-refractivity contribution >= 4 is 34.4 Å². The minimum Gasteiger partial charge on any atom is -0.356 e. The zero-order valence-electron chi connectivity index (χ0n) is 20.0. The van der Waals surface area contributed by atoms with Gasteiger partial charge in [-0.05, 0) is 43.3 Å². The second-order valence-electron chi connectivity index (χ2n) is 9.40. The Bertz CT molecular complexity index is 1430. The Hall–Kier alpha value is -3.44. The van der Waals surface area contributed by atoms with Crippen molar-refractivity contribution in [1.29, 1.82) is 0 Å². The van der Waals surface area contributed by atoms with Crippen molar-refractivity contribution < 1.29 is 13.2 Å². The van der Waals surface area contributed by atoms with Crippen LogP contribution in [-0.4, -0.2) is 69.6 Å². The van der Waals surface area contributed by atoms with Crippen LogP contribution in [0.15, 0.2) is 42.9 Å². The topological polar surface area (TPSA) is 77.1 Å². The molecule has 0 bridgehead atoms. The Labute approximate surface area is 216 Å². The van der Waals surface area contributed by atoms with Gasteiger partial charge in [0, 0.05) is 78.5 Å². The largest absolute Gasteiger partial charge is 0.433 e. The van der Waals surface area contributed by atoms with Gasteiger partial charge >= 0.3 is 6.18 Å². The lowest BCUT2D eigenvalue weighted by molar-refractivity contribution is -0.141. The Balaban J connectivity index is 1.43. The maximum Gasteiger partial charge on any atom is 0.433 e. The molecule has 1 aromatic carbocycles. The van der Waals surface area contributed by atoms with Gasteiger partial charge < -0.3 is 19.7 Å². The molecule has 8 nitrogen and oxygen atoms in total. The van der Waals surface area contributed by atoms with Crippen LogP contribution in [0.5, 0.6) is 0 Å². The van der Waals surface area contributed by atoms with Crippen LogP contribution in [0, 0.1) is 0 Å². The van der Waals surface area contributed by atoms with Crippen molar-refractivity contribution in [2.24, 2.45) is 0 Å². The number of hydrogen-bond acceptors (Lipinski definition) is 7. The summed E-state index contributed by atoms with van der Waals surface area (Å²) in [7, 11) is 2.08. The molecule has 5 heterocycles. The number of hydrogen-bond donors (Lipinski definition) is 1. The predicted octanol–water partition coefficient (Wildman–Crippen LogP) is 4.32. The van der Waals surface area contributed by atoms with E-state index in [1.54, 1.807) is 17.3 Å². The molecular formula is C25H24ClF3N8. The van der Waals surface area contributed by atoms with Crippen LogP contribution in [0.4, 0.5) is 25.1 Å². The fourth-order valence-electron chi connectivity index (χ4n) is 5.11. The second kappa shape index (κ2) is 9.14. The molecule has 1 saturated heterocycles. The smallest absolute Gasteiger partial charge is 0.356 e. The molecule has 192 valence electrons. The molecule has 1 N–H and O–H groups in total. The van der Waals surface area contributed by atoms with Crippen molar-refractivity contribution in [2.75, 3.05) is 49.6 Å². The second-order valence-corrected chi connectivity index (χ2v) is 9.84. The first-order valence-corrected chi connectivity index (χ1v) is 12.4. The van der Waals surface area contributed by atoms with Gasteiger partial charge in [-0.1, -0.05) is 11.6 Å². The van der Waals surface area contributed by atoms with Gasteiger partial charge in [-0.3, -0.25) is 0 Å². The van der Waals surface area contributed by atoms with Crippen LogP contribution in [0.2, 0.25) is 5.02 Å². The van der Waals surface area contributed by atoms with Gasteiger partial charge in [-0.2, -0.15) is 13.2 Å². The van der Waals surface area contributed by atoms with E-state index >= 15 is 0 Å². The summed E-state index contributed by atoms with van der Waals surface area (Å²) < 4.78 is 40.4. The number of fused-ring (bicyclic) bond motifs is 3. The quantitative estimate of drug-likeness (QED) is 0.424. The molecule has 0 spiro atoms. The van der Waals surface area contributed by atoms with Crippen LogP contribution in [0.25, 0.3) is 10.9 Å². The highest BCUT2D eigenvalue weighted by Crippen LogP contribution is 2.40. The van der Waals surface area contributed by atoms with E-state index in [-0.39, 0.29) is 5.95 Å². The third-order valence-corrected chi connectivity index (χ3v) is 7.27. The van der Waals surface area contributed by atoms with Crippen molar-refractivity contribution in [2.45, 2.75) is 18.6 Å². The molecule has 1 atom stereocenters. The molecule has 0 radical (unpaired) electrons. The lowest BCUT2D eigenvalue weighted by Crippen LogP contribution is -2.45. The number of halogens is 4. The fourth-order valence-corrected chi connectivity index (χ4v) is 5.28. The molecule has 0 aliphatic carbocycles. The average Bonchev–Trinajstić information content (AvgIpc) is 3.26. The number of alkyl halides is 3. The summed E-state index contributed by atoms with van der Waals surface area (Å²) in [4.78, 5) is 27.0. The Morgan fingerprint density at radius 3 is 2.46 bits per heavy atom. The van der Waals surface area contributed by atoms with E-state index in [2.05, 4.69) is 41.8 Å². The normalized spacial score (nSPS) is 18.9. The number of aromatic amines is 1. The number of rotatable bonds is 3. The Kier molecular flexibility index (Phi) is 5.91. The Morgan fingerprint density at radius 2 is 1.73 bits per heavy atom. The van der Waals surface area contributed by atoms with Gasteiger partial charge in [0.15, 0.2) is 0 Å². The first kappa shape index (κ1) is 23.9. The molecular weight excluding hydrogens is 505 g/mol. The fraction of sp³-hybridized carbons (Fsp3) is 0.360. The van der Waals surface area contributed by atoms with Gasteiger partial charge in [-0.25, -0.2) is 19.9 Å². The number of benzene rings is 1. The van der Waals surface area contributed by atoms with Crippen LogP contribution in [-0.2, 0) is 12.6 Å². The number of likely N-dealkylation sites (N-methyl/N-ethyl adjacent to an activating group) is 1. The maximum atomic E-state index is 13.5. The highest BCUT2D eigenvalue weighted by atomic mass is 35.5. The molecule has 12 heteroatoms. The molecule has 0 amide bonds. The molecule has 6 rings (SSSR count). The summed E-state index contributed by atoms with van der Waals surface area (Å²) in [5, 5.41) is 1.61.